The maximum atomic E-state index is 13.9. The predicted octanol–water partition coefficient (Wildman–Crippen LogP) is 5.46. The van der Waals surface area contributed by atoms with Gasteiger partial charge >= 0.3 is 6.18 Å². The molecule has 0 bridgehead atoms. The molecule has 0 atom stereocenters. The molecule has 32 heavy (non-hydrogen) atoms. The van der Waals surface area contributed by atoms with Crippen molar-refractivity contribution in [2.45, 2.75) is 49.9 Å². The molecule has 2 aliphatic rings. The number of aliphatic hydroxyl groups is 2. The molecule has 1 saturated carbocycles. The lowest BCUT2D eigenvalue weighted by molar-refractivity contribution is -0.272. The first-order valence-corrected chi connectivity index (χ1v) is 10.4. The van der Waals surface area contributed by atoms with Gasteiger partial charge in [-0.05, 0) is 73.1 Å². The number of halogens is 5. The summed E-state index contributed by atoms with van der Waals surface area (Å²) in [5.74, 6) is -1.55. The van der Waals surface area contributed by atoms with Crippen molar-refractivity contribution < 1.29 is 32.6 Å². The Bertz CT molecular complexity index is 1130. The van der Waals surface area contributed by atoms with Gasteiger partial charge in [0.15, 0.2) is 5.60 Å². The molecule has 3 N–H and O–H groups in total. The van der Waals surface area contributed by atoms with Gasteiger partial charge in [0.1, 0.15) is 11.6 Å². The van der Waals surface area contributed by atoms with E-state index in [1.54, 1.807) is 31.2 Å². The number of amides is 1. The Morgan fingerprint density at radius 1 is 1.03 bits per heavy atom. The molecule has 4 rings (SSSR count). The summed E-state index contributed by atoms with van der Waals surface area (Å²) < 4.78 is 53.5. The third-order valence-electron chi connectivity index (χ3n) is 6.49. The number of rotatable bonds is 2. The Kier molecular flexibility index (Phi) is 5.29. The lowest BCUT2D eigenvalue weighted by Crippen LogP contribution is -2.56. The second-order valence-electron chi connectivity index (χ2n) is 8.45. The molecule has 1 aliphatic heterocycles. The topological polar surface area (TPSA) is 69.6 Å². The van der Waals surface area contributed by atoms with Crippen LogP contribution in [0.4, 0.5) is 17.6 Å². The van der Waals surface area contributed by atoms with Gasteiger partial charge in [-0.3, -0.25) is 4.79 Å². The fourth-order valence-corrected chi connectivity index (χ4v) is 4.54. The predicted molar refractivity (Wildman–Crippen MR) is 111 cm³/mol. The zero-order valence-corrected chi connectivity index (χ0v) is 17.7. The second kappa shape index (κ2) is 7.49. The minimum atomic E-state index is -4.79. The maximum Gasteiger partial charge on any atom is 0.417 e. The molecule has 1 spiro atoms. The third kappa shape index (κ3) is 3.55. The maximum absolute atomic E-state index is 13.9. The molecule has 1 fully saturated rings. The van der Waals surface area contributed by atoms with Crippen LogP contribution in [0, 0.1) is 12.7 Å². The molecule has 0 saturated heterocycles. The number of carbonyl (C=O) groups is 1. The summed E-state index contributed by atoms with van der Waals surface area (Å²) in [7, 11) is 0. The molecule has 0 aromatic heterocycles. The van der Waals surface area contributed by atoms with Crippen LogP contribution in [0.15, 0.2) is 42.2 Å². The van der Waals surface area contributed by atoms with Gasteiger partial charge in [-0.25, -0.2) is 4.39 Å². The number of benzene rings is 2. The molecule has 1 amide bonds. The Morgan fingerprint density at radius 3 is 2.22 bits per heavy atom. The van der Waals surface area contributed by atoms with E-state index in [9.17, 15) is 32.6 Å². The summed E-state index contributed by atoms with van der Waals surface area (Å²) in [5.41, 5.74) is -2.11. The van der Waals surface area contributed by atoms with Gasteiger partial charge in [0, 0.05) is 0 Å². The van der Waals surface area contributed by atoms with Crippen molar-refractivity contribution in [1.82, 2.24) is 5.32 Å². The van der Waals surface area contributed by atoms with Gasteiger partial charge < -0.3 is 15.5 Å². The number of aryl methyl sites for hydroxylation is 1. The Balaban J connectivity index is 1.73. The van der Waals surface area contributed by atoms with Crippen LogP contribution < -0.4 is 5.32 Å². The Hall–Kier alpha value is -2.58. The van der Waals surface area contributed by atoms with Crippen LogP contribution in [0.2, 0.25) is 5.02 Å². The zero-order valence-electron chi connectivity index (χ0n) is 17.0. The van der Waals surface area contributed by atoms with Crippen molar-refractivity contribution in [3.05, 3.63) is 64.1 Å². The number of aliphatic hydroxyl groups excluding tert-OH is 1. The zero-order chi connectivity index (χ0) is 23.5. The normalized spacial score (nSPS) is 26.0. The highest BCUT2D eigenvalue weighted by Crippen LogP contribution is 2.49. The second-order valence-corrected chi connectivity index (χ2v) is 8.85. The Labute approximate surface area is 186 Å². The van der Waals surface area contributed by atoms with Crippen molar-refractivity contribution in [2.24, 2.45) is 0 Å². The van der Waals surface area contributed by atoms with E-state index in [-0.39, 0.29) is 29.2 Å². The third-order valence-corrected chi connectivity index (χ3v) is 6.79. The highest BCUT2D eigenvalue weighted by atomic mass is 35.5. The largest absolute Gasteiger partial charge is 0.509 e. The van der Waals surface area contributed by atoms with Gasteiger partial charge in [0.25, 0.3) is 5.91 Å². The SMILES string of the molecule is Cc1ccc(-c2ccc(Cl)c(F)c2)cc1C1=C(O)C2(CCC(O)(C(F)(F)F)CC2)NC1=O. The number of nitrogens with one attached hydrogen (secondary N) is 1. The van der Waals surface area contributed by atoms with E-state index in [2.05, 4.69) is 5.32 Å². The van der Waals surface area contributed by atoms with Crippen LogP contribution in [0.5, 0.6) is 0 Å². The van der Waals surface area contributed by atoms with Crippen molar-refractivity contribution in [3.8, 4) is 11.1 Å². The molecule has 1 aliphatic carbocycles. The van der Waals surface area contributed by atoms with Crippen LogP contribution in [0.25, 0.3) is 16.7 Å². The number of hydrogen-bond acceptors (Lipinski definition) is 3. The van der Waals surface area contributed by atoms with E-state index >= 15 is 0 Å². The van der Waals surface area contributed by atoms with E-state index in [4.69, 9.17) is 11.6 Å². The number of hydrogen-bond donors (Lipinski definition) is 3. The smallest absolute Gasteiger partial charge is 0.417 e. The Morgan fingerprint density at radius 2 is 1.62 bits per heavy atom. The van der Waals surface area contributed by atoms with Crippen LogP contribution >= 0.6 is 11.6 Å². The average Bonchev–Trinajstić information content (AvgIpc) is 2.96. The minimum Gasteiger partial charge on any atom is -0.509 e. The first-order chi connectivity index (χ1) is 14.9. The van der Waals surface area contributed by atoms with Gasteiger partial charge in [-0.2, -0.15) is 13.2 Å². The molecular formula is C23H20ClF4NO3. The van der Waals surface area contributed by atoms with Crippen LogP contribution in [0.1, 0.15) is 36.8 Å². The molecule has 2 aromatic carbocycles. The fraction of sp³-hybridized carbons (Fsp3) is 0.348. The summed E-state index contributed by atoms with van der Waals surface area (Å²) in [4.78, 5) is 12.8. The molecule has 2 aromatic rings. The first kappa shape index (κ1) is 22.6. The van der Waals surface area contributed by atoms with Gasteiger partial charge in [0.05, 0.1) is 16.1 Å². The molecule has 4 nitrogen and oxygen atoms in total. The molecule has 1 heterocycles. The lowest BCUT2D eigenvalue weighted by atomic mass is 9.73. The van der Waals surface area contributed by atoms with E-state index in [0.717, 1.165) is 0 Å². The summed E-state index contributed by atoms with van der Waals surface area (Å²) in [6, 6.07) is 9.33. The van der Waals surface area contributed by atoms with Crippen molar-refractivity contribution >= 4 is 23.1 Å². The van der Waals surface area contributed by atoms with E-state index in [1.165, 1.54) is 12.1 Å². The van der Waals surface area contributed by atoms with Crippen molar-refractivity contribution in [1.29, 1.82) is 0 Å². The summed E-state index contributed by atoms with van der Waals surface area (Å²) in [6.07, 6.45) is -6.59. The first-order valence-electron chi connectivity index (χ1n) is 9.99. The van der Waals surface area contributed by atoms with Gasteiger partial charge in [0.2, 0.25) is 0 Å². The van der Waals surface area contributed by atoms with Gasteiger partial charge in [-0.1, -0.05) is 29.8 Å². The van der Waals surface area contributed by atoms with Crippen LogP contribution in [0.3, 0.4) is 0 Å². The average molecular weight is 470 g/mol. The molecule has 170 valence electrons. The number of carbonyl (C=O) groups excluding carboxylic acids is 1. The van der Waals surface area contributed by atoms with Crippen LogP contribution in [-0.4, -0.2) is 33.4 Å². The summed E-state index contributed by atoms with van der Waals surface area (Å²) in [5, 5.41) is 23.6. The van der Waals surface area contributed by atoms with Crippen molar-refractivity contribution in [2.75, 3.05) is 0 Å². The van der Waals surface area contributed by atoms with Crippen molar-refractivity contribution in [3.63, 3.8) is 0 Å². The standard InChI is InChI=1S/C23H20ClF4NO3/c1-12-2-3-13(14-4-5-16(24)17(25)11-14)10-15(12)18-19(30)21(29-20(18)31)6-8-22(32,9-7-21)23(26,27)28/h2-5,10-11,30,32H,6-9H2,1H3,(H,29,31). The summed E-state index contributed by atoms with van der Waals surface area (Å²) >= 11 is 5.74. The molecular weight excluding hydrogens is 450 g/mol. The molecule has 9 heteroatoms. The quantitative estimate of drug-likeness (QED) is 0.512. The fourth-order valence-electron chi connectivity index (χ4n) is 4.42. The van der Waals surface area contributed by atoms with Gasteiger partial charge in [-0.15, -0.1) is 0 Å². The highest BCUT2D eigenvalue weighted by molar-refractivity contribution is 6.30. The minimum absolute atomic E-state index is 0.0313. The van der Waals surface area contributed by atoms with E-state index in [0.29, 0.717) is 22.3 Å². The number of alkyl halides is 3. The van der Waals surface area contributed by atoms with E-state index in [1.807, 2.05) is 0 Å². The highest BCUT2D eigenvalue weighted by Gasteiger charge is 2.59. The monoisotopic (exact) mass is 469 g/mol. The molecule has 0 unspecified atom stereocenters. The summed E-state index contributed by atoms with van der Waals surface area (Å²) in [6.45, 7) is 1.73. The molecule has 0 radical (unpaired) electrons. The lowest BCUT2D eigenvalue weighted by Gasteiger charge is -2.42. The van der Waals surface area contributed by atoms with E-state index < -0.39 is 41.9 Å². The van der Waals surface area contributed by atoms with Crippen LogP contribution in [-0.2, 0) is 4.79 Å².